The summed E-state index contributed by atoms with van der Waals surface area (Å²) in [6, 6.07) is 0.436. The van der Waals surface area contributed by atoms with Gasteiger partial charge in [0.2, 0.25) is 0 Å². The van der Waals surface area contributed by atoms with Crippen LogP contribution in [0.5, 0.6) is 0 Å². The van der Waals surface area contributed by atoms with Crippen molar-refractivity contribution in [2.75, 3.05) is 0 Å². The molecule has 0 aliphatic heterocycles. The Hall–Kier alpha value is -0.310. The molecular formula is C7H13NOS. The molecular weight excluding hydrogens is 146 g/mol. The van der Waals surface area contributed by atoms with E-state index in [9.17, 15) is 0 Å². The fourth-order valence-corrected chi connectivity index (χ4v) is 1.59. The average molecular weight is 159 g/mol. The average Bonchev–Trinajstić information content (AvgIpc) is 1.88. The topological polar surface area (TPSA) is 32.3 Å². The molecule has 1 rings (SSSR count). The minimum atomic E-state index is -0.0492. The van der Waals surface area contributed by atoms with E-state index in [-0.39, 0.29) is 5.17 Å². The van der Waals surface area contributed by atoms with Gasteiger partial charge in [0.25, 0.3) is 5.17 Å². The van der Waals surface area contributed by atoms with Crippen LogP contribution in [0.15, 0.2) is 0 Å². The van der Waals surface area contributed by atoms with Crippen LogP contribution in [0.2, 0.25) is 0 Å². The number of aliphatic hydroxyl groups excluding tert-OH is 1. The lowest BCUT2D eigenvalue weighted by Crippen LogP contribution is -2.34. The van der Waals surface area contributed by atoms with Crippen molar-refractivity contribution in [1.29, 1.82) is 0 Å². The number of thiocarbonyl (C=S) groups is 1. The normalized spacial score (nSPS) is 20.4. The Balaban J connectivity index is 2.19. The van der Waals surface area contributed by atoms with Gasteiger partial charge < -0.3 is 10.4 Å². The van der Waals surface area contributed by atoms with Gasteiger partial charge in [0.1, 0.15) is 0 Å². The number of nitrogens with one attached hydrogen (secondary N) is 1. The lowest BCUT2D eigenvalue weighted by atomic mass is 9.96. The molecule has 0 aromatic rings. The molecule has 2 N–H and O–H groups in total. The van der Waals surface area contributed by atoms with Gasteiger partial charge in [0.05, 0.1) is 0 Å². The van der Waals surface area contributed by atoms with Crippen molar-refractivity contribution < 1.29 is 5.11 Å². The first kappa shape index (κ1) is 7.79. The zero-order chi connectivity index (χ0) is 7.40. The number of hydrogen-bond donors (Lipinski definition) is 2. The summed E-state index contributed by atoms with van der Waals surface area (Å²) < 4.78 is 0. The van der Waals surface area contributed by atoms with Crippen molar-refractivity contribution >= 4 is 17.4 Å². The minimum Gasteiger partial charge on any atom is -0.487 e. The molecule has 1 saturated carbocycles. The molecule has 3 heteroatoms. The smallest absolute Gasteiger partial charge is 0.254 e. The van der Waals surface area contributed by atoms with Crippen LogP contribution in [-0.4, -0.2) is 16.3 Å². The highest BCUT2D eigenvalue weighted by molar-refractivity contribution is 7.79. The first-order valence-electron chi connectivity index (χ1n) is 3.78. The molecule has 0 radical (unpaired) electrons. The predicted octanol–water partition coefficient (Wildman–Crippen LogP) is 1.75. The quantitative estimate of drug-likeness (QED) is 0.572. The maximum absolute atomic E-state index is 8.72. The molecule has 0 aromatic carbocycles. The maximum Gasteiger partial charge on any atom is 0.254 e. The first-order valence-corrected chi connectivity index (χ1v) is 4.19. The summed E-state index contributed by atoms with van der Waals surface area (Å²) in [7, 11) is 0. The molecule has 0 atom stereocenters. The predicted molar refractivity (Wildman–Crippen MR) is 45.2 cm³/mol. The summed E-state index contributed by atoms with van der Waals surface area (Å²) in [5.41, 5.74) is 0. The van der Waals surface area contributed by atoms with Gasteiger partial charge in [-0.05, 0) is 25.1 Å². The van der Waals surface area contributed by atoms with Crippen molar-refractivity contribution in [2.45, 2.75) is 38.1 Å². The molecule has 0 heterocycles. The molecule has 0 spiro atoms. The Kier molecular flexibility index (Phi) is 2.93. The summed E-state index contributed by atoms with van der Waals surface area (Å²) in [6.07, 6.45) is 6.17. The van der Waals surface area contributed by atoms with Crippen molar-refractivity contribution in [2.24, 2.45) is 0 Å². The van der Waals surface area contributed by atoms with E-state index < -0.39 is 0 Å². The van der Waals surface area contributed by atoms with Crippen LogP contribution in [0.4, 0.5) is 0 Å². The molecule has 0 saturated heterocycles. The van der Waals surface area contributed by atoms with Crippen LogP contribution in [0.3, 0.4) is 0 Å². The molecule has 1 fully saturated rings. The molecule has 2 nitrogen and oxygen atoms in total. The number of hydrogen-bond acceptors (Lipinski definition) is 1. The van der Waals surface area contributed by atoms with E-state index in [0.29, 0.717) is 6.04 Å². The van der Waals surface area contributed by atoms with Gasteiger partial charge >= 0.3 is 0 Å². The maximum atomic E-state index is 8.72. The SMILES string of the molecule is OC(=S)NC1CCCCC1. The number of rotatable bonds is 1. The van der Waals surface area contributed by atoms with Crippen molar-refractivity contribution in [3.8, 4) is 0 Å². The van der Waals surface area contributed by atoms with Gasteiger partial charge in [-0.2, -0.15) is 0 Å². The molecule has 1 aliphatic rings. The van der Waals surface area contributed by atoms with Crippen LogP contribution in [0.1, 0.15) is 32.1 Å². The largest absolute Gasteiger partial charge is 0.487 e. The van der Waals surface area contributed by atoms with Gasteiger partial charge in [-0.3, -0.25) is 0 Å². The van der Waals surface area contributed by atoms with Gasteiger partial charge in [-0.1, -0.05) is 19.3 Å². The van der Waals surface area contributed by atoms with E-state index in [2.05, 4.69) is 17.5 Å². The van der Waals surface area contributed by atoms with Gasteiger partial charge in [-0.25, -0.2) is 0 Å². The third-order valence-corrected chi connectivity index (χ3v) is 2.05. The van der Waals surface area contributed by atoms with Crippen LogP contribution >= 0.6 is 12.2 Å². The van der Waals surface area contributed by atoms with E-state index in [0.717, 1.165) is 12.8 Å². The zero-order valence-corrected chi connectivity index (χ0v) is 6.78. The molecule has 0 amide bonds. The monoisotopic (exact) mass is 159 g/mol. The molecule has 58 valence electrons. The van der Waals surface area contributed by atoms with Crippen molar-refractivity contribution in [1.82, 2.24) is 5.32 Å². The molecule has 0 aromatic heterocycles. The standard InChI is InChI=1S/C7H13NOS/c9-7(10)8-6-4-2-1-3-5-6/h6H,1-5H2,(H2,8,9,10). The van der Waals surface area contributed by atoms with Crippen LogP contribution < -0.4 is 5.32 Å². The lowest BCUT2D eigenvalue weighted by molar-refractivity contribution is 0.391. The van der Waals surface area contributed by atoms with Gasteiger partial charge in [-0.15, -0.1) is 0 Å². The summed E-state index contributed by atoms with van der Waals surface area (Å²) in [6.45, 7) is 0. The van der Waals surface area contributed by atoms with Crippen LogP contribution in [-0.2, 0) is 0 Å². The van der Waals surface area contributed by atoms with E-state index >= 15 is 0 Å². The van der Waals surface area contributed by atoms with E-state index in [1.54, 1.807) is 0 Å². The van der Waals surface area contributed by atoms with E-state index in [1.807, 2.05) is 0 Å². The Morgan fingerprint density at radius 2 is 1.90 bits per heavy atom. The van der Waals surface area contributed by atoms with Crippen LogP contribution in [0.25, 0.3) is 0 Å². The molecule has 1 aliphatic carbocycles. The summed E-state index contributed by atoms with van der Waals surface area (Å²) in [5.74, 6) is 0. The van der Waals surface area contributed by atoms with E-state index in [4.69, 9.17) is 5.11 Å². The van der Waals surface area contributed by atoms with Crippen molar-refractivity contribution in [3.63, 3.8) is 0 Å². The Bertz CT molecular complexity index is 121. The van der Waals surface area contributed by atoms with Crippen molar-refractivity contribution in [3.05, 3.63) is 0 Å². The highest BCUT2D eigenvalue weighted by Gasteiger charge is 2.12. The Labute approximate surface area is 66.6 Å². The minimum absolute atomic E-state index is 0.0492. The second kappa shape index (κ2) is 3.76. The second-order valence-corrected chi connectivity index (χ2v) is 3.17. The molecule has 0 bridgehead atoms. The highest BCUT2D eigenvalue weighted by atomic mass is 32.1. The van der Waals surface area contributed by atoms with Gasteiger partial charge in [0, 0.05) is 6.04 Å². The molecule has 10 heavy (non-hydrogen) atoms. The van der Waals surface area contributed by atoms with Crippen LogP contribution in [0, 0.1) is 0 Å². The van der Waals surface area contributed by atoms with E-state index in [1.165, 1.54) is 19.3 Å². The van der Waals surface area contributed by atoms with Gasteiger partial charge in [0.15, 0.2) is 0 Å². The highest BCUT2D eigenvalue weighted by Crippen LogP contribution is 2.16. The summed E-state index contributed by atoms with van der Waals surface area (Å²) in [4.78, 5) is 0. The number of aliphatic hydroxyl groups is 1. The Morgan fingerprint density at radius 3 is 2.40 bits per heavy atom. The zero-order valence-electron chi connectivity index (χ0n) is 5.97. The molecule has 0 unspecified atom stereocenters. The third kappa shape index (κ3) is 2.52. The summed E-state index contributed by atoms with van der Waals surface area (Å²) >= 11 is 4.52. The first-order chi connectivity index (χ1) is 4.79. The second-order valence-electron chi connectivity index (χ2n) is 2.78. The fraction of sp³-hybridized carbons (Fsp3) is 0.857. The Morgan fingerprint density at radius 1 is 1.30 bits per heavy atom. The summed E-state index contributed by atoms with van der Waals surface area (Å²) in [5, 5.41) is 11.5. The third-order valence-electron chi connectivity index (χ3n) is 1.93. The fourth-order valence-electron chi connectivity index (χ4n) is 1.42. The lowest BCUT2D eigenvalue weighted by Gasteiger charge is -2.21.